The van der Waals surface area contributed by atoms with Crippen LogP contribution < -0.4 is 0 Å². The van der Waals surface area contributed by atoms with E-state index in [1.807, 2.05) is 12.2 Å². The molecule has 0 aromatic carbocycles. The van der Waals surface area contributed by atoms with Crippen molar-refractivity contribution in [2.24, 2.45) is 0 Å². The summed E-state index contributed by atoms with van der Waals surface area (Å²) in [6.07, 6.45) is 10.2. The van der Waals surface area contributed by atoms with E-state index in [1.54, 1.807) is 12.2 Å². The summed E-state index contributed by atoms with van der Waals surface area (Å²) in [5, 5.41) is 38.7. The van der Waals surface area contributed by atoms with Crippen LogP contribution in [-0.2, 0) is 9.53 Å². The van der Waals surface area contributed by atoms with Crippen LogP contribution in [0.5, 0.6) is 0 Å². The minimum atomic E-state index is -0.852. The van der Waals surface area contributed by atoms with E-state index in [0.717, 1.165) is 19.3 Å². The SMILES string of the molecule is CCCCC[C@H](O)/C=C/[C@@H](O)[C@H]1C[C@@H](O)[C@@H](C/C=C\CCCC(=O)O)O1. The maximum Gasteiger partial charge on any atom is 0.303 e. The van der Waals surface area contributed by atoms with Crippen LogP contribution in [0.1, 0.15) is 64.7 Å². The van der Waals surface area contributed by atoms with E-state index in [4.69, 9.17) is 9.84 Å². The van der Waals surface area contributed by atoms with E-state index in [0.29, 0.717) is 32.1 Å². The largest absolute Gasteiger partial charge is 0.481 e. The topological polar surface area (TPSA) is 107 Å². The number of aliphatic carboxylic acids is 1. The lowest BCUT2D eigenvalue weighted by atomic mass is 10.0. The summed E-state index contributed by atoms with van der Waals surface area (Å²) in [4.78, 5) is 10.4. The molecule has 0 amide bonds. The summed E-state index contributed by atoms with van der Waals surface area (Å²) >= 11 is 0. The van der Waals surface area contributed by atoms with Gasteiger partial charge in [-0.15, -0.1) is 0 Å². The molecule has 26 heavy (non-hydrogen) atoms. The quantitative estimate of drug-likeness (QED) is 0.293. The maximum atomic E-state index is 10.4. The molecule has 1 saturated heterocycles. The van der Waals surface area contributed by atoms with Crippen LogP contribution in [0, 0.1) is 0 Å². The Bertz CT molecular complexity index is 448. The van der Waals surface area contributed by atoms with Gasteiger partial charge in [0, 0.05) is 12.8 Å². The number of hydrogen-bond donors (Lipinski definition) is 4. The van der Waals surface area contributed by atoms with Crippen molar-refractivity contribution in [3.05, 3.63) is 24.3 Å². The van der Waals surface area contributed by atoms with Crippen molar-refractivity contribution in [2.75, 3.05) is 0 Å². The van der Waals surface area contributed by atoms with Gasteiger partial charge in [-0.1, -0.05) is 50.5 Å². The van der Waals surface area contributed by atoms with Crippen molar-refractivity contribution in [3.63, 3.8) is 0 Å². The predicted octanol–water partition coefficient (Wildman–Crippen LogP) is 2.56. The molecule has 0 aliphatic carbocycles. The first-order valence-electron chi connectivity index (χ1n) is 9.68. The fourth-order valence-electron chi connectivity index (χ4n) is 2.98. The molecule has 0 aromatic heterocycles. The molecule has 150 valence electrons. The molecule has 0 unspecified atom stereocenters. The van der Waals surface area contributed by atoms with Gasteiger partial charge >= 0.3 is 5.97 Å². The zero-order chi connectivity index (χ0) is 19.4. The van der Waals surface area contributed by atoms with Gasteiger partial charge in [0.2, 0.25) is 0 Å². The van der Waals surface area contributed by atoms with Gasteiger partial charge in [-0.05, 0) is 25.7 Å². The summed E-state index contributed by atoms with van der Waals surface area (Å²) in [5.74, 6) is -0.798. The third kappa shape index (κ3) is 9.48. The average molecular weight is 370 g/mol. The van der Waals surface area contributed by atoms with Crippen LogP contribution in [-0.4, -0.2) is 56.9 Å². The molecule has 0 saturated carbocycles. The highest BCUT2D eigenvalue weighted by molar-refractivity contribution is 5.66. The fraction of sp³-hybridized carbons (Fsp3) is 0.750. The van der Waals surface area contributed by atoms with Gasteiger partial charge in [0.15, 0.2) is 0 Å². The van der Waals surface area contributed by atoms with Gasteiger partial charge in [0.05, 0.1) is 30.5 Å². The van der Waals surface area contributed by atoms with Crippen molar-refractivity contribution in [2.45, 2.75) is 95.2 Å². The number of rotatable bonds is 13. The lowest BCUT2D eigenvalue weighted by Gasteiger charge is -2.16. The Hall–Kier alpha value is -1.21. The standard InChI is InChI=1S/C20H34O6/c1-2-3-6-9-15(21)12-13-16(22)19-14-17(23)18(26-19)10-7-4-5-8-11-20(24)25/h4,7,12-13,15-19,21-23H,2-3,5-6,8-11,14H2,1H3,(H,24,25)/b7-4-,13-12+/t15-,16+,17+,18+,19+/m0/s1. The first-order valence-corrected chi connectivity index (χ1v) is 9.68. The van der Waals surface area contributed by atoms with E-state index < -0.39 is 30.4 Å². The molecule has 0 radical (unpaired) electrons. The number of unbranched alkanes of at least 4 members (excludes halogenated alkanes) is 3. The number of carboxylic acids is 1. The molecule has 5 atom stereocenters. The van der Waals surface area contributed by atoms with Gasteiger partial charge < -0.3 is 25.2 Å². The summed E-state index contributed by atoms with van der Waals surface area (Å²) < 4.78 is 5.73. The van der Waals surface area contributed by atoms with E-state index in [9.17, 15) is 20.1 Å². The Morgan fingerprint density at radius 2 is 1.96 bits per heavy atom. The van der Waals surface area contributed by atoms with Crippen LogP contribution in [0.15, 0.2) is 24.3 Å². The number of allylic oxidation sites excluding steroid dienone is 1. The van der Waals surface area contributed by atoms with E-state index in [1.165, 1.54) is 0 Å². The normalized spacial score (nSPS) is 25.9. The zero-order valence-corrected chi connectivity index (χ0v) is 15.7. The molecule has 0 spiro atoms. The average Bonchev–Trinajstić information content (AvgIpc) is 2.97. The first kappa shape index (κ1) is 22.8. The molecule has 1 aliphatic rings. The third-order valence-corrected chi connectivity index (χ3v) is 4.56. The van der Waals surface area contributed by atoms with Crippen LogP contribution in [0.25, 0.3) is 0 Å². The molecule has 1 fully saturated rings. The molecule has 1 aliphatic heterocycles. The Labute approximate surface area is 156 Å². The van der Waals surface area contributed by atoms with Crippen molar-refractivity contribution in [1.82, 2.24) is 0 Å². The Morgan fingerprint density at radius 1 is 1.19 bits per heavy atom. The highest BCUT2D eigenvalue weighted by Gasteiger charge is 2.36. The van der Waals surface area contributed by atoms with E-state index >= 15 is 0 Å². The smallest absolute Gasteiger partial charge is 0.303 e. The second-order valence-electron chi connectivity index (χ2n) is 6.95. The second-order valence-corrected chi connectivity index (χ2v) is 6.95. The lowest BCUT2D eigenvalue weighted by Crippen LogP contribution is -2.24. The maximum absolute atomic E-state index is 10.4. The third-order valence-electron chi connectivity index (χ3n) is 4.56. The summed E-state index contributed by atoms with van der Waals surface area (Å²) in [5.41, 5.74) is 0. The zero-order valence-electron chi connectivity index (χ0n) is 15.7. The first-order chi connectivity index (χ1) is 12.4. The van der Waals surface area contributed by atoms with E-state index in [2.05, 4.69) is 6.92 Å². The number of ether oxygens (including phenoxy) is 1. The van der Waals surface area contributed by atoms with Crippen LogP contribution in [0.4, 0.5) is 0 Å². The van der Waals surface area contributed by atoms with Gasteiger partial charge in [-0.3, -0.25) is 4.79 Å². The predicted molar refractivity (Wildman–Crippen MR) is 99.8 cm³/mol. The highest BCUT2D eigenvalue weighted by atomic mass is 16.5. The molecule has 0 aromatic rings. The summed E-state index contributed by atoms with van der Waals surface area (Å²) in [6, 6.07) is 0. The van der Waals surface area contributed by atoms with Crippen molar-refractivity contribution in [3.8, 4) is 0 Å². The number of carboxylic acid groups (broad SMARTS) is 1. The van der Waals surface area contributed by atoms with Crippen LogP contribution in [0.3, 0.4) is 0 Å². The van der Waals surface area contributed by atoms with Crippen LogP contribution in [0.2, 0.25) is 0 Å². The molecule has 6 nitrogen and oxygen atoms in total. The molecule has 1 rings (SSSR count). The molecule has 6 heteroatoms. The minimum absolute atomic E-state index is 0.151. The number of aliphatic hydroxyl groups excluding tert-OH is 3. The van der Waals surface area contributed by atoms with Crippen LogP contribution >= 0.6 is 0 Å². The van der Waals surface area contributed by atoms with E-state index in [-0.39, 0.29) is 12.5 Å². The molecule has 1 heterocycles. The Morgan fingerprint density at radius 3 is 2.65 bits per heavy atom. The Balaban J connectivity index is 2.30. The summed E-state index contributed by atoms with van der Waals surface area (Å²) in [7, 11) is 0. The van der Waals surface area contributed by atoms with Gasteiger partial charge in [-0.2, -0.15) is 0 Å². The molecule has 0 bridgehead atoms. The molecule has 4 N–H and O–H groups in total. The molecular weight excluding hydrogens is 336 g/mol. The van der Waals surface area contributed by atoms with Crippen molar-refractivity contribution in [1.29, 1.82) is 0 Å². The minimum Gasteiger partial charge on any atom is -0.481 e. The van der Waals surface area contributed by atoms with Gasteiger partial charge in [-0.25, -0.2) is 0 Å². The lowest BCUT2D eigenvalue weighted by molar-refractivity contribution is -0.137. The number of aliphatic hydroxyl groups is 3. The second kappa shape index (κ2) is 13.0. The Kier molecular flexibility index (Phi) is 11.4. The van der Waals surface area contributed by atoms with Gasteiger partial charge in [0.25, 0.3) is 0 Å². The number of hydrogen-bond acceptors (Lipinski definition) is 5. The highest BCUT2D eigenvalue weighted by Crippen LogP contribution is 2.26. The molecular formula is C20H34O6. The van der Waals surface area contributed by atoms with Crippen molar-refractivity contribution >= 4 is 5.97 Å². The number of carbonyl (C=O) groups is 1. The fourth-order valence-corrected chi connectivity index (χ4v) is 2.98. The van der Waals surface area contributed by atoms with Gasteiger partial charge in [0.1, 0.15) is 0 Å². The summed E-state index contributed by atoms with van der Waals surface area (Å²) in [6.45, 7) is 2.11. The van der Waals surface area contributed by atoms with Crippen molar-refractivity contribution < 1.29 is 30.0 Å². The monoisotopic (exact) mass is 370 g/mol.